The van der Waals surface area contributed by atoms with Gasteiger partial charge < -0.3 is 5.73 Å². The number of nitrogens with zero attached hydrogens (tertiary/aromatic N) is 1. The highest BCUT2D eigenvalue weighted by Crippen LogP contribution is 2.22. The van der Waals surface area contributed by atoms with Crippen molar-refractivity contribution in [1.82, 2.24) is 0 Å². The van der Waals surface area contributed by atoms with E-state index in [1.807, 2.05) is 0 Å². The van der Waals surface area contributed by atoms with Crippen LogP contribution in [0.5, 0.6) is 0 Å². The molecule has 0 saturated carbocycles. The molecule has 0 bridgehead atoms. The van der Waals surface area contributed by atoms with Gasteiger partial charge in [-0.2, -0.15) is 4.39 Å². The zero-order valence-electron chi connectivity index (χ0n) is 8.52. The van der Waals surface area contributed by atoms with Crippen LogP contribution in [-0.4, -0.2) is 10.8 Å². The Bertz CT molecular complexity index is 501. The van der Waals surface area contributed by atoms with Gasteiger partial charge in [-0.15, -0.1) is 0 Å². The third-order valence-electron chi connectivity index (χ3n) is 1.88. The highest BCUT2D eigenvalue weighted by atomic mass is 19.1. The topological polar surface area (TPSA) is 86.2 Å². The predicted octanol–water partition coefficient (Wildman–Crippen LogP) is 1.76. The van der Waals surface area contributed by atoms with Crippen molar-refractivity contribution in [3.05, 3.63) is 45.5 Å². The van der Waals surface area contributed by atoms with Crippen LogP contribution in [0.15, 0.2) is 18.2 Å². The van der Waals surface area contributed by atoms with Crippen LogP contribution in [-0.2, 0) is 4.79 Å². The van der Waals surface area contributed by atoms with Gasteiger partial charge in [-0.25, -0.2) is 4.39 Å². The highest BCUT2D eigenvalue weighted by molar-refractivity contribution is 5.76. The summed E-state index contributed by atoms with van der Waals surface area (Å²) in [6.07, 6.45) is 2.24. The van der Waals surface area contributed by atoms with Gasteiger partial charge in [0, 0.05) is 24.1 Å². The van der Waals surface area contributed by atoms with E-state index in [2.05, 4.69) is 0 Å². The Labute approximate surface area is 94.7 Å². The molecular weight excluding hydrogens is 234 g/mol. The fourth-order valence-corrected chi connectivity index (χ4v) is 1.12. The van der Waals surface area contributed by atoms with E-state index in [4.69, 9.17) is 5.73 Å². The summed E-state index contributed by atoms with van der Waals surface area (Å²) in [5, 5.41) is 10.4. The van der Waals surface area contributed by atoms with Crippen molar-refractivity contribution in [2.75, 3.05) is 0 Å². The van der Waals surface area contributed by atoms with Crippen molar-refractivity contribution in [3.63, 3.8) is 0 Å². The second-order valence-corrected chi connectivity index (χ2v) is 3.16. The van der Waals surface area contributed by atoms with Gasteiger partial charge in [0.25, 0.3) is 0 Å². The van der Waals surface area contributed by atoms with Crippen LogP contribution in [0.1, 0.15) is 12.0 Å². The number of hydrogen-bond acceptors (Lipinski definition) is 3. The third-order valence-corrected chi connectivity index (χ3v) is 1.88. The molecular formula is C10H8F2N2O3. The molecule has 17 heavy (non-hydrogen) atoms. The molecule has 5 nitrogen and oxygen atoms in total. The SMILES string of the molecule is NC(=O)CC=Cc1cc([N+](=O)[O-])c(F)cc1F. The Kier molecular flexibility index (Phi) is 3.86. The number of carbonyl (C=O) groups excluding carboxylic acids is 1. The number of halogens is 2. The highest BCUT2D eigenvalue weighted by Gasteiger charge is 2.17. The molecule has 0 aliphatic heterocycles. The van der Waals surface area contributed by atoms with Gasteiger partial charge >= 0.3 is 5.69 Å². The number of carbonyl (C=O) groups is 1. The number of benzene rings is 1. The van der Waals surface area contributed by atoms with E-state index in [0.29, 0.717) is 6.07 Å². The lowest BCUT2D eigenvalue weighted by Crippen LogP contribution is -2.07. The van der Waals surface area contributed by atoms with E-state index in [1.165, 1.54) is 6.08 Å². The molecule has 0 aliphatic rings. The molecule has 1 rings (SSSR count). The van der Waals surface area contributed by atoms with Crippen LogP contribution in [0.2, 0.25) is 0 Å². The van der Waals surface area contributed by atoms with Gasteiger partial charge in [0.2, 0.25) is 11.7 Å². The summed E-state index contributed by atoms with van der Waals surface area (Å²) < 4.78 is 26.1. The lowest BCUT2D eigenvalue weighted by molar-refractivity contribution is -0.387. The molecule has 0 spiro atoms. The smallest absolute Gasteiger partial charge is 0.305 e. The fraction of sp³-hybridized carbons (Fsp3) is 0.100. The van der Waals surface area contributed by atoms with Gasteiger partial charge in [-0.1, -0.05) is 12.2 Å². The van der Waals surface area contributed by atoms with Crippen LogP contribution in [0.25, 0.3) is 6.08 Å². The molecule has 0 radical (unpaired) electrons. The van der Waals surface area contributed by atoms with E-state index in [1.54, 1.807) is 0 Å². The van der Waals surface area contributed by atoms with Crippen LogP contribution < -0.4 is 5.73 Å². The second-order valence-electron chi connectivity index (χ2n) is 3.16. The molecule has 0 saturated heterocycles. The first-order chi connectivity index (χ1) is 7.91. The maximum atomic E-state index is 13.2. The number of primary amides is 1. The molecule has 1 aromatic carbocycles. The summed E-state index contributed by atoms with van der Waals surface area (Å²) in [4.78, 5) is 19.9. The van der Waals surface area contributed by atoms with Gasteiger partial charge in [0.15, 0.2) is 0 Å². The number of amides is 1. The molecule has 0 heterocycles. The zero-order chi connectivity index (χ0) is 13.0. The van der Waals surface area contributed by atoms with Crippen LogP contribution in [0.4, 0.5) is 14.5 Å². The van der Waals surface area contributed by atoms with Gasteiger partial charge in [-0.3, -0.25) is 14.9 Å². The molecule has 2 N–H and O–H groups in total. The van der Waals surface area contributed by atoms with Crippen molar-refractivity contribution in [2.24, 2.45) is 5.73 Å². The Morgan fingerprint density at radius 3 is 2.59 bits per heavy atom. The van der Waals surface area contributed by atoms with Gasteiger partial charge in [0.1, 0.15) is 5.82 Å². The minimum Gasteiger partial charge on any atom is -0.369 e. The van der Waals surface area contributed by atoms with E-state index in [9.17, 15) is 23.7 Å². The Morgan fingerprint density at radius 2 is 2.06 bits per heavy atom. The quantitative estimate of drug-likeness (QED) is 0.644. The maximum Gasteiger partial charge on any atom is 0.305 e. The van der Waals surface area contributed by atoms with Crippen molar-refractivity contribution in [1.29, 1.82) is 0 Å². The number of hydrogen-bond donors (Lipinski definition) is 1. The van der Waals surface area contributed by atoms with Crippen molar-refractivity contribution in [3.8, 4) is 0 Å². The van der Waals surface area contributed by atoms with Crippen LogP contribution in [0, 0.1) is 21.7 Å². The van der Waals surface area contributed by atoms with Crippen molar-refractivity contribution in [2.45, 2.75) is 6.42 Å². The van der Waals surface area contributed by atoms with Crippen LogP contribution >= 0.6 is 0 Å². The summed E-state index contributed by atoms with van der Waals surface area (Å²) in [6.45, 7) is 0. The Hall–Kier alpha value is -2.31. The van der Waals surface area contributed by atoms with Gasteiger partial charge in [-0.05, 0) is 0 Å². The lowest BCUT2D eigenvalue weighted by Gasteiger charge is -1.98. The third kappa shape index (κ3) is 3.33. The summed E-state index contributed by atoms with van der Waals surface area (Å²) in [5.41, 5.74) is 3.83. The lowest BCUT2D eigenvalue weighted by atomic mass is 10.1. The normalized spacial score (nSPS) is 10.7. The van der Waals surface area contributed by atoms with Gasteiger partial charge in [0.05, 0.1) is 4.92 Å². The molecule has 1 aromatic rings. The molecule has 90 valence electrons. The monoisotopic (exact) mass is 242 g/mol. The fourth-order valence-electron chi connectivity index (χ4n) is 1.12. The van der Waals surface area contributed by atoms with E-state index < -0.39 is 28.2 Å². The Morgan fingerprint density at radius 1 is 1.41 bits per heavy atom. The molecule has 0 fully saturated rings. The standard InChI is InChI=1S/C10H8F2N2O3/c11-7-5-8(12)9(14(16)17)4-6(7)2-1-3-10(13)15/h1-2,4-5H,3H2,(H2,13,15). The first-order valence-corrected chi connectivity index (χ1v) is 4.50. The summed E-state index contributed by atoms with van der Waals surface area (Å²) in [5.74, 6) is -2.83. The molecule has 0 atom stereocenters. The average Bonchev–Trinajstić information content (AvgIpc) is 2.20. The Balaban J connectivity index is 3.07. The number of nitro groups is 1. The summed E-state index contributed by atoms with van der Waals surface area (Å²) in [7, 11) is 0. The minimum absolute atomic E-state index is 0.134. The predicted molar refractivity (Wildman–Crippen MR) is 55.9 cm³/mol. The number of nitro benzene ring substituents is 1. The van der Waals surface area contributed by atoms with Crippen LogP contribution in [0.3, 0.4) is 0 Å². The largest absolute Gasteiger partial charge is 0.369 e. The van der Waals surface area contributed by atoms with E-state index >= 15 is 0 Å². The summed E-state index contributed by atoms with van der Waals surface area (Å²) >= 11 is 0. The average molecular weight is 242 g/mol. The molecule has 0 aromatic heterocycles. The second kappa shape index (κ2) is 5.15. The van der Waals surface area contributed by atoms with Crippen molar-refractivity contribution < 1.29 is 18.5 Å². The first-order valence-electron chi connectivity index (χ1n) is 4.50. The molecule has 0 aliphatic carbocycles. The maximum absolute atomic E-state index is 13.2. The van der Waals surface area contributed by atoms with E-state index in [0.717, 1.165) is 12.1 Å². The zero-order valence-corrected chi connectivity index (χ0v) is 8.52. The molecule has 7 heteroatoms. The number of nitrogens with two attached hydrogens (primary N) is 1. The molecule has 1 amide bonds. The first kappa shape index (κ1) is 12.8. The molecule has 0 unspecified atom stereocenters. The minimum atomic E-state index is -1.25. The summed E-state index contributed by atoms with van der Waals surface area (Å²) in [6, 6.07) is 1.17. The van der Waals surface area contributed by atoms with Crippen molar-refractivity contribution >= 4 is 17.7 Å². The number of rotatable bonds is 4. The van der Waals surface area contributed by atoms with E-state index in [-0.39, 0.29) is 12.0 Å².